The molecule has 4 nitrogen and oxygen atoms in total. The minimum absolute atomic E-state index is 0.274. The van der Waals surface area contributed by atoms with E-state index in [9.17, 15) is 9.59 Å². The third-order valence-electron chi connectivity index (χ3n) is 4.93. The van der Waals surface area contributed by atoms with Gasteiger partial charge in [0.1, 0.15) is 5.76 Å². The van der Waals surface area contributed by atoms with Gasteiger partial charge in [-0.25, -0.2) is 4.90 Å². The summed E-state index contributed by atoms with van der Waals surface area (Å²) in [5, 5.41) is 0.772. The normalized spacial score (nSPS) is 14.2. The van der Waals surface area contributed by atoms with Crippen molar-refractivity contribution in [3.63, 3.8) is 0 Å². The van der Waals surface area contributed by atoms with E-state index in [0.29, 0.717) is 37.7 Å². The number of rotatable bonds is 5. The van der Waals surface area contributed by atoms with Gasteiger partial charge in [-0.05, 0) is 61.4 Å². The van der Waals surface area contributed by atoms with Crippen molar-refractivity contribution >= 4 is 58.0 Å². The summed E-state index contributed by atoms with van der Waals surface area (Å²) in [5.41, 5.74) is 3.36. The molecular weight excluding hydrogens is 441 g/mol. The quantitative estimate of drug-likeness (QED) is 0.414. The van der Waals surface area contributed by atoms with Crippen molar-refractivity contribution in [2.24, 2.45) is 0 Å². The van der Waals surface area contributed by atoms with Crippen molar-refractivity contribution in [3.05, 3.63) is 92.2 Å². The van der Waals surface area contributed by atoms with Crippen molar-refractivity contribution < 1.29 is 14.0 Å². The molecule has 0 radical (unpaired) electrons. The largest absolute Gasteiger partial charge is 0.468 e. The summed E-state index contributed by atoms with van der Waals surface area (Å²) in [4.78, 5) is 28.3. The maximum atomic E-state index is 13.4. The van der Waals surface area contributed by atoms with Crippen LogP contribution in [0.1, 0.15) is 22.5 Å². The number of hydrogen-bond donors (Lipinski definition) is 0. The average molecular weight is 458 g/mol. The van der Waals surface area contributed by atoms with Crippen LogP contribution in [0, 0.1) is 13.8 Å². The average Bonchev–Trinajstić information content (AvgIpc) is 3.29. The molecule has 3 aromatic rings. The third kappa shape index (κ3) is 3.81. The summed E-state index contributed by atoms with van der Waals surface area (Å²) in [6.07, 6.45) is 1.57. The van der Waals surface area contributed by atoms with Crippen molar-refractivity contribution in [2.45, 2.75) is 19.6 Å². The van der Waals surface area contributed by atoms with Crippen LogP contribution in [0.3, 0.4) is 0 Å². The van der Waals surface area contributed by atoms with Gasteiger partial charge in [-0.1, -0.05) is 35.3 Å². The Morgan fingerprint density at radius 2 is 1.77 bits per heavy atom. The van der Waals surface area contributed by atoms with Crippen molar-refractivity contribution in [1.82, 2.24) is 0 Å². The Morgan fingerprint density at radius 3 is 2.43 bits per heavy atom. The molecule has 0 N–H and O–H groups in total. The molecule has 0 saturated carbocycles. The zero-order valence-corrected chi connectivity index (χ0v) is 18.6. The Bertz CT molecular complexity index is 1190. The van der Waals surface area contributed by atoms with E-state index < -0.39 is 5.91 Å². The standard InChI is InChI=1S/C23H17Cl2NO3S/c1-13-5-7-16(10-14(13)2)26-22(27)20(18-8-6-15(24)11-19(18)25)21(23(26)28)30-12-17-4-3-9-29-17/h3-11H,12H2,1-2H3. The van der Waals surface area contributed by atoms with E-state index in [1.165, 1.54) is 16.7 Å². The second-order valence-corrected chi connectivity index (χ2v) is 8.74. The Labute approximate surface area is 188 Å². The molecule has 0 unspecified atom stereocenters. The predicted molar refractivity (Wildman–Crippen MR) is 122 cm³/mol. The second kappa shape index (κ2) is 8.34. The summed E-state index contributed by atoms with van der Waals surface area (Å²) in [6, 6.07) is 14.0. The summed E-state index contributed by atoms with van der Waals surface area (Å²) in [6.45, 7) is 3.93. The number of amides is 2. The molecule has 2 amide bonds. The molecule has 152 valence electrons. The maximum Gasteiger partial charge on any atom is 0.272 e. The van der Waals surface area contributed by atoms with Crippen molar-refractivity contribution in [1.29, 1.82) is 0 Å². The number of halogens is 2. The lowest BCUT2D eigenvalue weighted by Gasteiger charge is -2.16. The lowest BCUT2D eigenvalue weighted by atomic mass is 10.1. The molecule has 1 aliphatic rings. The highest BCUT2D eigenvalue weighted by atomic mass is 35.5. The molecule has 0 spiro atoms. The van der Waals surface area contributed by atoms with Gasteiger partial charge < -0.3 is 4.42 Å². The number of benzene rings is 2. The van der Waals surface area contributed by atoms with Gasteiger partial charge in [0.15, 0.2) is 0 Å². The van der Waals surface area contributed by atoms with Crippen LogP contribution in [-0.2, 0) is 15.3 Å². The fourth-order valence-electron chi connectivity index (χ4n) is 3.21. The number of nitrogens with zero attached hydrogens (tertiary/aromatic N) is 1. The number of carbonyl (C=O) groups is 2. The number of carbonyl (C=O) groups excluding carboxylic acids is 2. The maximum absolute atomic E-state index is 13.4. The smallest absolute Gasteiger partial charge is 0.272 e. The van der Waals surface area contributed by atoms with Gasteiger partial charge in [-0.15, -0.1) is 11.8 Å². The molecule has 30 heavy (non-hydrogen) atoms. The number of imide groups is 1. The van der Waals surface area contributed by atoms with Gasteiger partial charge >= 0.3 is 0 Å². The summed E-state index contributed by atoms with van der Waals surface area (Å²) in [5.74, 6) is 0.339. The number of thioether (sulfide) groups is 1. The van der Waals surface area contributed by atoms with Crippen LogP contribution in [0.4, 0.5) is 5.69 Å². The SMILES string of the molecule is Cc1ccc(N2C(=O)C(SCc3ccco3)=C(c3ccc(Cl)cc3Cl)C2=O)cc1C. The minimum Gasteiger partial charge on any atom is -0.468 e. The van der Waals surface area contributed by atoms with E-state index in [4.69, 9.17) is 27.6 Å². The lowest BCUT2D eigenvalue weighted by Crippen LogP contribution is -2.31. The molecule has 0 atom stereocenters. The summed E-state index contributed by atoms with van der Waals surface area (Å²) >= 11 is 13.7. The summed E-state index contributed by atoms with van der Waals surface area (Å²) in [7, 11) is 0. The fourth-order valence-corrected chi connectivity index (χ4v) is 4.72. The predicted octanol–water partition coefficient (Wildman–Crippen LogP) is 6.42. The van der Waals surface area contributed by atoms with E-state index >= 15 is 0 Å². The molecule has 2 heterocycles. The number of anilines is 1. The number of hydrogen-bond acceptors (Lipinski definition) is 4. The first-order valence-electron chi connectivity index (χ1n) is 9.17. The van der Waals surface area contributed by atoms with E-state index in [-0.39, 0.29) is 11.5 Å². The van der Waals surface area contributed by atoms with Gasteiger partial charge in [0.25, 0.3) is 11.8 Å². The van der Waals surface area contributed by atoms with Crippen LogP contribution in [-0.4, -0.2) is 11.8 Å². The lowest BCUT2D eigenvalue weighted by molar-refractivity contribution is -0.119. The van der Waals surface area contributed by atoms with Crippen LogP contribution in [0.5, 0.6) is 0 Å². The number of furan rings is 1. The first-order valence-corrected chi connectivity index (χ1v) is 10.9. The molecule has 4 rings (SSSR count). The first-order chi connectivity index (χ1) is 14.4. The monoisotopic (exact) mass is 457 g/mol. The van der Waals surface area contributed by atoms with E-state index in [0.717, 1.165) is 11.1 Å². The fraction of sp³-hybridized carbons (Fsp3) is 0.130. The Kier molecular flexibility index (Phi) is 5.78. The zero-order valence-electron chi connectivity index (χ0n) is 16.2. The van der Waals surface area contributed by atoms with E-state index in [1.54, 1.807) is 36.6 Å². The van der Waals surface area contributed by atoms with Gasteiger partial charge in [-0.2, -0.15) is 0 Å². The molecule has 1 aromatic heterocycles. The van der Waals surface area contributed by atoms with Gasteiger partial charge in [0, 0.05) is 10.6 Å². The highest BCUT2D eigenvalue weighted by Gasteiger charge is 2.41. The van der Waals surface area contributed by atoms with Crippen LogP contribution >= 0.6 is 35.0 Å². The molecule has 0 saturated heterocycles. The Morgan fingerprint density at radius 1 is 0.967 bits per heavy atom. The third-order valence-corrected chi connectivity index (χ3v) is 6.57. The second-order valence-electron chi connectivity index (χ2n) is 6.91. The molecular formula is C23H17Cl2NO3S. The molecule has 1 aliphatic heterocycles. The van der Waals surface area contributed by atoms with Gasteiger partial charge in [-0.3, -0.25) is 9.59 Å². The number of aryl methyl sites for hydroxylation is 2. The topological polar surface area (TPSA) is 50.5 Å². The molecule has 0 bridgehead atoms. The van der Waals surface area contributed by atoms with E-state index in [1.807, 2.05) is 32.0 Å². The van der Waals surface area contributed by atoms with Gasteiger partial charge in [0.2, 0.25) is 0 Å². The molecule has 2 aromatic carbocycles. The van der Waals surface area contributed by atoms with Crippen molar-refractivity contribution in [3.8, 4) is 0 Å². The Hall–Kier alpha value is -2.47. The molecule has 0 fully saturated rings. The highest BCUT2D eigenvalue weighted by molar-refractivity contribution is 8.03. The van der Waals surface area contributed by atoms with Gasteiger partial charge in [0.05, 0.1) is 33.2 Å². The minimum atomic E-state index is -0.408. The first kappa shape index (κ1) is 20.8. The van der Waals surface area contributed by atoms with E-state index in [2.05, 4.69) is 0 Å². The van der Waals surface area contributed by atoms with Crippen LogP contribution < -0.4 is 4.90 Å². The zero-order chi connectivity index (χ0) is 21.4. The van der Waals surface area contributed by atoms with Crippen LogP contribution in [0.2, 0.25) is 10.0 Å². The van der Waals surface area contributed by atoms with Crippen molar-refractivity contribution in [2.75, 3.05) is 4.90 Å². The molecule has 7 heteroatoms. The summed E-state index contributed by atoms with van der Waals surface area (Å²) < 4.78 is 5.38. The highest BCUT2D eigenvalue weighted by Crippen LogP contribution is 2.42. The van der Waals surface area contributed by atoms with Crippen LogP contribution in [0.25, 0.3) is 5.57 Å². The van der Waals surface area contributed by atoms with Crippen LogP contribution in [0.15, 0.2) is 64.1 Å². The Balaban J connectivity index is 1.80. The molecule has 0 aliphatic carbocycles.